The fourth-order valence-corrected chi connectivity index (χ4v) is 2.35. The Labute approximate surface area is 129 Å². The van der Waals surface area contributed by atoms with E-state index in [0.717, 1.165) is 12.8 Å². The summed E-state index contributed by atoms with van der Waals surface area (Å²) in [5, 5.41) is 1.68. The van der Waals surface area contributed by atoms with Crippen molar-refractivity contribution in [3.63, 3.8) is 0 Å². The van der Waals surface area contributed by atoms with E-state index >= 15 is 0 Å². The van der Waals surface area contributed by atoms with Gasteiger partial charge in [-0.25, -0.2) is 0 Å². The third-order valence-electron chi connectivity index (χ3n) is 4.06. The Morgan fingerprint density at radius 3 is 2.00 bits per heavy atom. The molecule has 0 aromatic heterocycles. The molecule has 0 saturated carbocycles. The Kier molecular flexibility index (Phi) is 6.88. The summed E-state index contributed by atoms with van der Waals surface area (Å²) in [6.45, 7) is 13.7. The van der Waals surface area contributed by atoms with Crippen molar-refractivity contribution in [3.05, 3.63) is 0 Å². The first kappa shape index (κ1) is 20.4. The molecule has 6 heteroatoms. The molecule has 0 aromatic rings. The number of amides is 1. The summed E-state index contributed by atoms with van der Waals surface area (Å²) in [7, 11) is -4.12. The Hall–Kier alpha value is -0.620. The number of hydrogen-bond acceptors (Lipinski definition) is 3. The molecular formula is C15H31NO4S. The van der Waals surface area contributed by atoms with Crippen LogP contribution in [0.5, 0.6) is 0 Å². The van der Waals surface area contributed by atoms with Gasteiger partial charge in [-0.3, -0.25) is 9.35 Å². The lowest BCUT2D eigenvalue weighted by Gasteiger charge is -2.36. The van der Waals surface area contributed by atoms with Crippen LogP contribution in [0.15, 0.2) is 0 Å². The fraction of sp³-hybridized carbons (Fsp3) is 0.933. The lowest BCUT2D eigenvalue weighted by Crippen LogP contribution is -2.44. The van der Waals surface area contributed by atoms with Crippen LogP contribution in [-0.2, 0) is 14.9 Å². The maximum absolute atomic E-state index is 12.5. The average Bonchev–Trinajstić information content (AvgIpc) is 2.30. The summed E-state index contributed by atoms with van der Waals surface area (Å²) in [6.07, 6.45) is 1.58. The second kappa shape index (κ2) is 7.09. The smallest absolute Gasteiger partial charge is 0.269 e. The van der Waals surface area contributed by atoms with Crippen molar-refractivity contribution in [2.75, 3.05) is 6.54 Å². The highest BCUT2D eigenvalue weighted by Crippen LogP contribution is 2.38. The molecule has 0 aromatic carbocycles. The van der Waals surface area contributed by atoms with Crippen LogP contribution in [0.4, 0.5) is 0 Å². The van der Waals surface area contributed by atoms with E-state index in [2.05, 4.69) is 39.9 Å². The molecule has 0 aliphatic heterocycles. The second-order valence-electron chi connectivity index (χ2n) is 7.73. The predicted molar refractivity (Wildman–Crippen MR) is 85.7 cm³/mol. The molecule has 0 aliphatic carbocycles. The number of carbonyl (C=O) groups is 1. The minimum Gasteiger partial charge on any atom is -0.354 e. The molecule has 0 radical (unpaired) electrons. The molecule has 2 atom stereocenters. The molecule has 0 fully saturated rings. The Bertz CT molecular complexity index is 449. The molecule has 2 unspecified atom stereocenters. The number of hydrogen-bond donors (Lipinski definition) is 2. The summed E-state index contributed by atoms with van der Waals surface area (Å²) in [4.78, 5) is 12.5. The molecule has 0 aliphatic rings. The van der Waals surface area contributed by atoms with E-state index in [1.165, 1.54) is 6.92 Å². The predicted octanol–water partition coefficient (Wildman–Crippen LogP) is 2.87. The molecule has 0 spiro atoms. The van der Waals surface area contributed by atoms with E-state index in [1.54, 1.807) is 0 Å². The third kappa shape index (κ3) is 7.27. The van der Waals surface area contributed by atoms with Crippen LogP contribution < -0.4 is 5.32 Å². The van der Waals surface area contributed by atoms with Crippen molar-refractivity contribution in [2.45, 2.75) is 66.6 Å². The first-order chi connectivity index (χ1) is 9.20. The van der Waals surface area contributed by atoms with Gasteiger partial charge < -0.3 is 5.32 Å². The topological polar surface area (TPSA) is 83.5 Å². The maximum atomic E-state index is 12.5. The minimum atomic E-state index is -4.12. The molecule has 0 saturated heterocycles. The molecule has 0 heterocycles. The van der Waals surface area contributed by atoms with Crippen LogP contribution in [0.3, 0.4) is 0 Å². The van der Waals surface area contributed by atoms with Crippen LogP contribution in [0.25, 0.3) is 0 Å². The molecule has 0 bridgehead atoms. The summed E-state index contributed by atoms with van der Waals surface area (Å²) < 4.78 is 31.0. The van der Waals surface area contributed by atoms with Crippen molar-refractivity contribution in [2.24, 2.45) is 16.7 Å². The van der Waals surface area contributed by atoms with E-state index < -0.39 is 15.4 Å². The fourth-order valence-electron chi connectivity index (χ4n) is 2.06. The maximum Gasteiger partial charge on any atom is 0.269 e. The molecule has 1 amide bonds. The lowest BCUT2D eigenvalue weighted by molar-refractivity contribution is -0.130. The van der Waals surface area contributed by atoms with Crippen LogP contribution >= 0.6 is 0 Å². The summed E-state index contributed by atoms with van der Waals surface area (Å²) in [6, 6.07) is 0. The van der Waals surface area contributed by atoms with Crippen LogP contribution in [0.2, 0.25) is 0 Å². The standard InChI is InChI=1S/C15H31NO4S/c1-8-15(6,7)12(9-14(3,4)5)13(17)16-10-11(2)21(18,19)20/h11-12H,8-10H2,1-7H3,(H,16,17)(H,18,19,20). The second-order valence-corrected chi connectivity index (χ2v) is 9.56. The van der Waals surface area contributed by atoms with Crippen molar-refractivity contribution < 1.29 is 17.8 Å². The Morgan fingerprint density at radius 1 is 1.19 bits per heavy atom. The SMILES string of the molecule is CCC(C)(C)C(CC(C)(C)C)C(=O)NCC(C)S(=O)(=O)O. The minimum absolute atomic E-state index is 0.00309. The van der Waals surface area contributed by atoms with Gasteiger partial charge in [0.05, 0.1) is 0 Å². The molecule has 126 valence electrons. The summed E-state index contributed by atoms with van der Waals surface area (Å²) >= 11 is 0. The van der Waals surface area contributed by atoms with E-state index in [9.17, 15) is 13.2 Å². The normalized spacial score (nSPS) is 16.4. The number of nitrogens with one attached hydrogen (secondary N) is 1. The first-order valence-corrected chi connectivity index (χ1v) is 8.95. The van der Waals surface area contributed by atoms with E-state index in [0.29, 0.717) is 0 Å². The molecular weight excluding hydrogens is 290 g/mol. The van der Waals surface area contributed by atoms with Gasteiger partial charge in [0.2, 0.25) is 5.91 Å². The Morgan fingerprint density at radius 2 is 1.67 bits per heavy atom. The summed E-state index contributed by atoms with van der Waals surface area (Å²) in [5.41, 5.74) is -0.165. The van der Waals surface area contributed by atoms with Gasteiger partial charge in [-0.2, -0.15) is 8.42 Å². The van der Waals surface area contributed by atoms with Crippen LogP contribution in [0, 0.1) is 16.7 Å². The highest BCUT2D eigenvalue weighted by molar-refractivity contribution is 7.86. The summed E-state index contributed by atoms with van der Waals surface area (Å²) in [5.74, 6) is -0.344. The highest BCUT2D eigenvalue weighted by Gasteiger charge is 2.36. The van der Waals surface area contributed by atoms with Gasteiger partial charge in [0.15, 0.2) is 0 Å². The van der Waals surface area contributed by atoms with E-state index in [4.69, 9.17) is 4.55 Å². The molecule has 21 heavy (non-hydrogen) atoms. The largest absolute Gasteiger partial charge is 0.354 e. The zero-order valence-corrected chi connectivity index (χ0v) is 15.2. The average molecular weight is 321 g/mol. The first-order valence-electron chi connectivity index (χ1n) is 7.44. The quantitative estimate of drug-likeness (QED) is 0.706. The van der Waals surface area contributed by atoms with E-state index in [1.807, 2.05) is 6.92 Å². The molecule has 5 nitrogen and oxygen atoms in total. The van der Waals surface area contributed by atoms with Gasteiger partial charge in [-0.1, -0.05) is 48.0 Å². The Balaban J connectivity index is 4.98. The third-order valence-corrected chi connectivity index (χ3v) is 5.24. The van der Waals surface area contributed by atoms with Crippen LogP contribution in [-0.4, -0.2) is 30.7 Å². The van der Waals surface area contributed by atoms with Gasteiger partial charge in [0.25, 0.3) is 10.1 Å². The molecule has 2 N–H and O–H groups in total. The number of carbonyl (C=O) groups excluding carboxylic acids is 1. The van der Waals surface area contributed by atoms with Gasteiger partial charge in [0, 0.05) is 12.5 Å². The van der Waals surface area contributed by atoms with Crippen LogP contribution in [0.1, 0.15) is 61.3 Å². The zero-order chi connectivity index (χ0) is 17.1. The zero-order valence-electron chi connectivity index (χ0n) is 14.4. The van der Waals surface area contributed by atoms with E-state index in [-0.39, 0.29) is 29.2 Å². The van der Waals surface area contributed by atoms with Gasteiger partial charge in [-0.05, 0) is 24.2 Å². The molecule has 0 rings (SSSR count). The van der Waals surface area contributed by atoms with Crippen molar-refractivity contribution in [1.29, 1.82) is 0 Å². The van der Waals surface area contributed by atoms with Gasteiger partial charge in [0.1, 0.15) is 5.25 Å². The monoisotopic (exact) mass is 321 g/mol. The number of rotatable bonds is 7. The van der Waals surface area contributed by atoms with Crippen molar-refractivity contribution >= 4 is 16.0 Å². The van der Waals surface area contributed by atoms with Crippen molar-refractivity contribution in [1.82, 2.24) is 5.32 Å². The van der Waals surface area contributed by atoms with Gasteiger partial charge in [-0.15, -0.1) is 0 Å². The lowest BCUT2D eigenvalue weighted by atomic mass is 9.69. The van der Waals surface area contributed by atoms with Crippen molar-refractivity contribution in [3.8, 4) is 0 Å². The van der Waals surface area contributed by atoms with Gasteiger partial charge >= 0.3 is 0 Å². The highest BCUT2D eigenvalue weighted by atomic mass is 32.2.